The van der Waals surface area contributed by atoms with Crippen molar-refractivity contribution in [2.75, 3.05) is 17.2 Å². The predicted molar refractivity (Wildman–Crippen MR) is 79.1 cm³/mol. The number of nitrogen functional groups attached to an aromatic ring is 1. The Kier molecular flexibility index (Phi) is 4.10. The Morgan fingerprint density at radius 3 is 2.85 bits per heavy atom. The van der Waals surface area contributed by atoms with E-state index in [9.17, 15) is 9.90 Å². The van der Waals surface area contributed by atoms with Gasteiger partial charge >= 0.3 is 0 Å². The standard InChI is InChI=1S/C14H14ClN3O2/c1-2-18(10-4-3-5-11(19)7-10)14(20)12-6-9(16)8-17-13(12)15/h3-8,19H,2,16H2,1H3. The second-order valence-corrected chi connectivity index (χ2v) is 4.53. The van der Waals surface area contributed by atoms with E-state index in [1.54, 1.807) is 12.1 Å². The van der Waals surface area contributed by atoms with Crippen LogP contribution in [0.1, 0.15) is 17.3 Å². The summed E-state index contributed by atoms with van der Waals surface area (Å²) >= 11 is 5.95. The van der Waals surface area contributed by atoms with Gasteiger partial charge in [0, 0.05) is 18.3 Å². The van der Waals surface area contributed by atoms with Crippen LogP contribution in [0.15, 0.2) is 36.5 Å². The SMILES string of the molecule is CCN(C(=O)c1cc(N)cnc1Cl)c1cccc(O)c1. The summed E-state index contributed by atoms with van der Waals surface area (Å²) in [6.45, 7) is 2.25. The third-order valence-electron chi connectivity index (χ3n) is 2.79. The minimum atomic E-state index is -0.317. The molecule has 1 aromatic heterocycles. The highest BCUT2D eigenvalue weighted by atomic mass is 35.5. The second kappa shape index (κ2) is 5.79. The summed E-state index contributed by atoms with van der Waals surface area (Å²) in [6.07, 6.45) is 1.39. The number of carbonyl (C=O) groups excluding carboxylic acids is 1. The van der Waals surface area contributed by atoms with Crippen LogP contribution in [0.5, 0.6) is 5.75 Å². The van der Waals surface area contributed by atoms with Crippen LogP contribution in [0.2, 0.25) is 5.15 Å². The fraction of sp³-hybridized carbons (Fsp3) is 0.143. The normalized spacial score (nSPS) is 10.3. The highest BCUT2D eigenvalue weighted by molar-refractivity contribution is 6.33. The zero-order chi connectivity index (χ0) is 14.7. The molecule has 0 unspecified atom stereocenters. The molecule has 5 nitrogen and oxygen atoms in total. The lowest BCUT2D eigenvalue weighted by molar-refractivity contribution is 0.0988. The molecule has 1 amide bonds. The number of phenols is 1. The molecule has 0 spiro atoms. The van der Waals surface area contributed by atoms with Gasteiger partial charge in [-0.1, -0.05) is 17.7 Å². The van der Waals surface area contributed by atoms with Crippen LogP contribution >= 0.6 is 11.6 Å². The van der Waals surface area contributed by atoms with E-state index in [1.807, 2.05) is 6.92 Å². The summed E-state index contributed by atoms with van der Waals surface area (Å²) < 4.78 is 0. The first kappa shape index (κ1) is 14.1. The van der Waals surface area contributed by atoms with Gasteiger partial charge in [0.25, 0.3) is 5.91 Å². The van der Waals surface area contributed by atoms with Gasteiger partial charge < -0.3 is 15.7 Å². The molecule has 1 aromatic carbocycles. The number of rotatable bonds is 3. The van der Waals surface area contributed by atoms with Crippen LogP contribution in [-0.4, -0.2) is 22.5 Å². The lowest BCUT2D eigenvalue weighted by Crippen LogP contribution is -2.31. The molecule has 3 N–H and O–H groups in total. The summed E-state index contributed by atoms with van der Waals surface area (Å²) in [5.41, 5.74) is 6.82. The van der Waals surface area contributed by atoms with Crippen LogP contribution in [0, 0.1) is 0 Å². The number of hydrogen-bond donors (Lipinski definition) is 2. The monoisotopic (exact) mass is 291 g/mol. The van der Waals surface area contributed by atoms with Gasteiger partial charge in [-0.25, -0.2) is 4.98 Å². The molecule has 20 heavy (non-hydrogen) atoms. The van der Waals surface area contributed by atoms with Crippen molar-refractivity contribution in [2.24, 2.45) is 0 Å². The van der Waals surface area contributed by atoms with Crippen molar-refractivity contribution in [2.45, 2.75) is 6.92 Å². The van der Waals surface area contributed by atoms with Crippen molar-refractivity contribution in [1.82, 2.24) is 4.98 Å². The van der Waals surface area contributed by atoms with Crippen LogP contribution in [0.4, 0.5) is 11.4 Å². The maximum Gasteiger partial charge on any atom is 0.261 e. The maximum atomic E-state index is 12.5. The van der Waals surface area contributed by atoms with E-state index in [4.69, 9.17) is 17.3 Å². The van der Waals surface area contributed by atoms with Gasteiger partial charge in [0.2, 0.25) is 0 Å². The summed E-state index contributed by atoms with van der Waals surface area (Å²) in [4.78, 5) is 17.9. The lowest BCUT2D eigenvalue weighted by Gasteiger charge is -2.21. The minimum absolute atomic E-state index is 0.0885. The van der Waals surface area contributed by atoms with Gasteiger partial charge in [0.05, 0.1) is 17.4 Å². The number of hydrogen-bond acceptors (Lipinski definition) is 4. The van der Waals surface area contributed by atoms with Gasteiger partial charge in [-0.05, 0) is 25.1 Å². The number of nitrogens with two attached hydrogens (primary N) is 1. The first-order chi connectivity index (χ1) is 9.52. The Labute approximate surface area is 121 Å². The van der Waals surface area contributed by atoms with E-state index in [-0.39, 0.29) is 22.4 Å². The van der Waals surface area contributed by atoms with E-state index in [0.717, 1.165) is 0 Å². The number of carbonyl (C=O) groups is 1. The third kappa shape index (κ3) is 2.83. The average Bonchev–Trinajstić information content (AvgIpc) is 2.42. The molecular weight excluding hydrogens is 278 g/mol. The fourth-order valence-corrected chi connectivity index (χ4v) is 2.05. The molecule has 1 heterocycles. The van der Waals surface area contributed by atoms with E-state index in [1.165, 1.54) is 29.3 Å². The van der Waals surface area contributed by atoms with Crippen molar-refractivity contribution in [3.63, 3.8) is 0 Å². The van der Waals surface area contributed by atoms with Crippen molar-refractivity contribution >= 4 is 28.9 Å². The summed E-state index contributed by atoms with van der Waals surface area (Å²) in [7, 11) is 0. The Morgan fingerprint density at radius 1 is 1.45 bits per heavy atom. The molecule has 2 aromatic rings. The number of amides is 1. The van der Waals surface area contributed by atoms with Gasteiger partial charge in [0.15, 0.2) is 0 Å². The molecule has 0 atom stereocenters. The van der Waals surface area contributed by atoms with Crippen LogP contribution in [-0.2, 0) is 0 Å². The Hall–Kier alpha value is -2.27. The largest absolute Gasteiger partial charge is 0.508 e. The molecule has 0 radical (unpaired) electrons. The van der Waals surface area contributed by atoms with E-state index in [2.05, 4.69) is 4.98 Å². The molecule has 0 saturated heterocycles. The molecule has 104 valence electrons. The molecular formula is C14H14ClN3O2. The first-order valence-electron chi connectivity index (χ1n) is 6.05. The van der Waals surface area contributed by atoms with Gasteiger partial charge in [-0.3, -0.25) is 4.79 Å². The first-order valence-corrected chi connectivity index (χ1v) is 6.42. The number of pyridine rings is 1. The Morgan fingerprint density at radius 2 is 2.20 bits per heavy atom. The summed E-state index contributed by atoms with van der Waals surface area (Å²) in [5.74, 6) is -0.228. The molecule has 0 saturated carbocycles. The van der Waals surface area contributed by atoms with E-state index < -0.39 is 0 Å². The highest BCUT2D eigenvalue weighted by Crippen LogP contribution is 2.24. The fourth-order valence-electron chi connectivity index (χ4n) is 1.86. The van der Waals surface area contributed by atoms with Crippen molar-refractivity contribution in [3.8, 4) is 5.75 Å². The predicted octanol–water partition coefficient (Wildman–Crippen LogP) is 2.69. The summed E-state index contributed by atoms with van der Waals surface area (Å²) in [5, 5.41) is 9.61. The summed E-state index contributed by atoms with van der Waals surface area (Å²) in [6, 6.07) is 7.93. The van der Waals surface area contributed by atoms with Crippen molar-refractivity contribution in [1.29, 1.82) is 0 Å². The lowest BCUT2D eigenvalue weighted by atomic mass is 10.2. The highest BCUT2D eigenvalue weighted by Gasteiger charge is 2.20. The van der Waals surface area contributed by atoms with Crippen LogP contribution in [0.3, 0.4) is 0 Å². The third-order valence-corrected chi connectivity index (χ3v) is 3.09. The maximum absolute atomic E-state index is 12.5. The topological polar surface area (TPSA) is 79.5 Å². The van der Waals surface area contributed by atoms with Gasteiger partial charge in [-0.2, -0.15) is 0 Å². The second-order valence-electron chi connectivity index (χ2n) is 4.18. The van der Waals surface area contributed by atoms with E-state index in [0.29, 0.717) is 17.9 Å². The molecule has 6 heteroatoms. The number of aromatic hydroxyl groups is 1. The van der Waals surface area contributed by atoms with Gasteiger partial charge in [-0.15, -0.1) is 0 Å². The van der Waals surface area contributed by atoms with Crippen LogP contribution < -0.4 is 10.6 Å². The number of anilines is 2. The zero-order valence-corrected chi connectivity index (χ0v) is 11.6. The number of benzene rings is 1. The molecule has 0 aliphatic carbocycles. The molecule has 0 aliphatic rings. The molecule has 0 aliphatic heterocycles. The van der Waals surface area contributed by atoms with E-state index >= 15 is 0 Å². The number of nitrogens with zero attached hydrogens (tertiary/aromatic N) is 2. The minimum Gasteiger partial charge on any atom is -0.508 e. The van der Waals surface area contributed by atoms with Crippen molar-refractivity contribution < 1.29 is 9.90 Å². The Balaban J connectivity index is 2.41. The number of phenolic OH excluding ortho intramolecular Hbond substituents is 1. The number of aromatic nitrogens is 1. The molecule has 0 fully saturated rings. The average molecular weight is 292 g/mol. The molecule has 2 rings (SSSR count). The Bertz CT molecular complexity index is 646. The smallest absolute Gasteiger partial charge is 0.261 e. The molecule has 0 bridgehead atoms. The van der Waals surface area contributed by atoms with Crippen molar-refractivity contribution in [3.05, 3.63) is 47.2 Å². The number of halogens is 1. The van der Waals surface area contributed by atoms with Crippen LogP contribution in [0.25, 0.3) is 0 Å². The zero-order valence-electron chi connectivity index (χ0n) is 10.9. The van der Waals surface area contributed by atoms with Gasteiger partial charge in [0.1, 0.15) is 10.9 Å². The quantitative estimate of drug-likeness (QED) is 0.852.